The van der Waals surface area contributed by atoms with Crippen molar-refractivity contribution in [2.24, 2.45) is 7.05 Å². The number of piperidine rings is 1. The summed E-state index contributed by atoms with van der Waals surface area (Å²) in [5.41, 5.74) is 0.831. The van der Waals surface area contributed by atoms with Gasteiger partial charge in [-0.1, -0.05) is 6.07 Å². The standard InChI is InChI=1S/C16H18N4O2S/c1-18-10-11(9-17-18)20-13-6-7-19(12(13)4-5-15(20)21)16(22)14-3-2-8-23-14/h2-3,8-10,12-13H,4-7H2,1H3/t12-,13-/m1/s1. The van der Waals surface area contributed by atoms with Crippen molar-refractivity contribution in [3.05, 3.63) is 34.8 Å². The average Bonchev–Trinajstić information content (AvgIpc) is 3.26. The van der Waals surface area contributed by atoms with Crippen LogP contribution in [0.4, 0.5) is 5.69 Å². The molecule has 2 aromatic heterocycles. The number of anilines is 1. The summed E-state index contributed by atoms with van der Waals surface area (Å²) in [6.45, 7) is 0.704. The minimum Gasteiger partial charge on any atom is -0.333 e. The minimum absolute atomic E-state index is 0.0596. The maximum absolute atomic E-state index is 12.7. The number of thiophene rings is 1. The SMILES string of the molecule is Cn1cc(N2C(=O)CC[C@@H]3[C@H]2CCN3C(=O)c2cccs2)cn1. The smallest absolute Gasteiger partial charge is 0.264 e. The molecule has 2 atom stereocenters. The summed E-state index contributed by atoms with van der Waals surface area (Å²) >= 11 is 1.47. The zero-order chi connectivity index (χ0) is 16.0. The molecule has 2 aromatic rings. The summed E-state index contributed by atoms with van der Waals surface area (Å²) in [6.07, 6.45) is 5.64. The quantitative estimate of drug-likeness (QED) is 0.845. The first kappa shape index (κ1) is 14.4. The van der Waals surface area contributed by atoms with Crippen molar-refractivity contribution in [2.75, 3.05) is 11.4 Å². The van der Waals surface area contributed by atoms with E-state index in [1.807, 2.05) is 40.6 Å². The number of hydrogen-bond acceptors (Lipinski definition) is 4. The third-order valence-corrected chi connectivity index (χ3v) is 5.58. The lowest BCUT2D eigenvalue weighted by Crippen LogP contribution is -2.53. The summed E-state index contributed by atoms with van der Waals surface area (Å²) in [5, 5.41) is 6.10. The molecule has 0 N–H and O–H groups in total. The molecule has 2 aliphatic rings. The third kappa shape index (κ3) is 2.35. The highest BCUT2D eigenvalue weighted by atomic mass is 32.1. The molecule has 120 valence electrons. The average molecular weight is 330 g/mol. The zero-order valence-corrected chi connectivity index (χ0v) is 13.7. The molecule has 0 saturated carbocycles. The molecule has 2 aliphatic heterocycles. The van der Waals surface area contributed by atoms with Crippen LogP contribution in [0.25, 0.3) is 0 Å². The summed E-state index contributed by atoms with van der Waals surface area (Å²) in [6, 6.07) is 3.93. The fourth-order valence-corrected chi connectivity index (χ4v) is 4.40. The van der Waals surface area contributed by atoms with Gasteiger partial charge in [-0.2, -0.15) is 5.10 Å². The Morgan fingerprint density at radius 2 is 2.22 bits per heavy atom. The van der Waals surface area contributed by atoms with Gasteiger partial charge in [0.25, 0.3) is 5.91 Å². The van der Waals surface area contributed by atoms with Gasteiger partial charge in [0.2, 0.25) is 5.91 Å². The zero-order valence-electron chi connectivity index (χ0n) is 12.9. The molecular formula is C16H18N4O2S. The van der Waals surface area contributed by atoms with Crippen molar-refractivity contribution in [3.63, 3.8) is 0 Å². The van der Waals surface area contributed by atoms with E-state index in [4.69, 9.17) is 0 Å². The first-order valence-corrected chi connectivity index (χ1v) is 8.68. The van der Waals surface area contributed by atoms with Gasteiger partial charge < -0.3 is 9.80 Å². The Kier molecular flexibility index (Phi) is 3.45. The fraction of sp³-hybridized carbons (Fsp3) is 0.438. The van der Waals surface area contributed by atoms with E-state index >= 15 is 0 Å². The second kappa shape index (κ2) is 5.49. The second-order valence-corrected chi connectivity index (χ2v) is 7.02. The largest absolute Gasteiger partial charge is 0.333 e. The van der Waals surface area contributed by atoms with E-state index in [9.17, 15) is 9.59 Å². The number of aromatic nitrogens is 2. The lowest BCUT2D eigenvalue weighted by molar-refractivity contribution is -0.120. The van der Waals surface area contributed by atoms with E-state index in [0.717, 1.165) is 23.4 Å². The Bertz CT molecular complexity index is 739. The van der Waals surface area contributed by atoms with E-state index in [1.54, 1.807) is 10.9 Å². The topological polar surface area (TPSA) is 58.4 Å². The first-order valence-electron chi connectivity index (χ1n) is 7.80. The van der Waals surface area contributed by atoms with Crippen LogP contribution in [0.3, 0.4) is 0 Å². The molecule has 6 nitrogen and oxygen atoms in total. The van der Waals surface area contributed by atoms with Crippen molar-refractivity contribution in [1.29, 1.82) is 0 Å². The van der Waals surface area contributed by atoms with Gasteiger partial charge in [-0.25, -0.2) is 0 Å². The number of fused-ring (bicyclic) bond motifs is 1. The van der Waals surface area contributed by atoms with Gasteiger partial charge in [0.05, 0.1) is 28.8 Å². The van der Waals surface area contributed by atoms with E-state index in [1.165, 1.54) is 11.3 Å². The van der Waals surface area contributed by atoms with Gasteiger partial charge in [0.15, 0.2) is 0 Å². The molecule has 0 bridgehead atoms. The molecule has 7 heteroatoms. The second-order valence-electron chi connectivity index (χ2n) is 6.07. The lowest BCUT2D eigenvalue weighted by Gasteiger charge is -2.38. The maximum Gasteiger partial charge on any atom is 0.264 e. The highest BCUT2D eigenvalue weighted by Gasteiger charge is 2.45. The molecule has 4 heterocycles. The Balaban J connectivity index is 1.61. The summed E-state index contributed by atoms with van der Waals surface area (Å²) in [7, 11) is 1.84. The number of carbonyl (C=O) groups excluding carboxylic acids is 2. The molecule has 4 rings (SSSR count). The van der Waals surface area contributed by atoms with Gasteiger partial charge in [-0.3, -0.25) is 14.3 Å². The molecular weight excluding hydrogens is 312 g/mol. The van der Waals surface area contributed by atoms with Crippen molar-refractivity contribution in [3.8, 4) is 0 Å². The van der Waals surface area contributed by atoms with Crippen LogP contribution >= 0.6 is 11.3 Å². The molecule has 2 fully saturated rings. The molecule has 0 unspecified atom stereocenters. The van der Waals surface area contributed by atoms with E-state index in [0.29, 0.717) is 13.0 Å². The van der Waals surface area contributed by atoms with Crippen molar-refractivity contribution in [2.45, 2.75) is 31.3 Å². The van der Waals surface area contributed by atoms with Gasteiger partial charge in [-0.05, 0) is 24.3 Å². The van der Waals surface area contributed by atoms with Crippen molar-refractivity contribution >= 4 is 28.8 Å². The number of nitrogens with zero attached hydrogens (tertiary/aromatic N) is 4. The molecule has 23 heavy (non-hydrogen) atoms. The van der Waals surface area contributed by atoms with E-state index < -0.39 is 0 Å². The normalized spacial score (nSPS) is 24.1. The Morgan fingerprint density at radius 3 is 2.91 bits per heavy atom. The molecule has 2 saturated heterocycles. The van der Waals surface area contributed by atoms with E-state index in [2.05, 4.69) is 5.10 Å². The maximum atomic E-state index is 12.7. The molecule has 2 amide bonds. The number of aryl methyl sites for hydroxylation is 1. The molecule has 0 spiro atoms. The van der Waals surface area contributed by atoms with Gasteiger partial charge in [0, 0.05) is 26.2 Å². The van der Waals surface area contributed by atoms with Crippen LogP contribution in [0.5, 0.6) is 0 Å². The van der Waals surface area contributed by atoms with Crippen molar-refractivity contribution < 1.29 is 9.59 Å². The summed E-state index contributed by atoms with van der Waals surface area (Å²) in [5.74, 6) is 0.220. The Hall–Kier alpha value is -2.15. The van der Waals surface area contributed by atoms with Gasteiger partial charge >= 0.3 is 0 Å². The van der Waals surface area contributed by atoms with Crippen LogP contribution in [0.15, 0.2) is 29.9 Å². The van der Waals surface area contributed by atoms with Gasteiger partial charge in [-0.15, -0.1) is 11.3 Å². The first-order chi connectivity index (χ1) is 11.1. The summed E-state index contributed by atoms with van der Waals surface area (Å²) in [4.78, 5) is 29.7. The number of rotatable bonds is 2. The van der Waals surface area contributed by atoms with Crippen molar-refractivity contribution in [1.82, 2.24) is 14.7 Å². The van der Waals surface area contributed by atoms with Crippen LogP contribution in [0.2, 0.25) is 0 Å². The van der Waals surface area contributed by atoms with Gasteiger partial charge in [0.1, 0.15) is 0 Å². The van der Waals surface area contributed by atoms with Crippen LogP contribution in [-0.4, -0.2) is 45.1 Å². The Morgan fingerprint density at radius 1 is 1.35 bits per heavy atom. The monoisotopic (exact) mass is 330 g/mol. The Labute approximate surface area is 138 Å². The van der Waals surface area contributed by atoms with Crippen LogP contribution < -0.4 is 4.90 Å². The highest BCUT2D eigenvalue weighted by molar-refractivity contribution is 7.12. The molecule has 0 aliphatic carbocycles. The minimum atomic E-state index is 0.0596. The summed E-state index contributed by atoms with van der Waals surface area (Å²) < 4.78 is 1.70. The number of carbonyl (C=O) groups is 2. The predicted molar refractivity (Wildman–Crippen MR) is 87.5 cm³/mol. The third-order valence-electron chi connectivity index (χ3n) is 4.73. The predicted octanol–water partition coefficient (Wildman–Crippen LogP) is 1.89. The number of likely N-dealkylation sites (tertiary alicyclic amines) is 1. The van der Waals surface area contributed by atoms with Crippen LogP contribution in [-0.2, 0) is 11.8 Å². The number of amides is 2. The highest BCUT2D eigenvalue weighted by Crippen LogP contribution is 2.35. The van der Waals surface area contributed by atoms with Crippen LogP contribution in [0.1, 0.15) is 28.9 Å². The molecule has 0 aromatic carbocycles. The molecule has 0 radical (unpaired) electrons. The van der Waals surface area contributed by atoms with Crippen LogP contribution in [0, 0.1) is 0 Å². The van der Waals surface area contributed by atoms with E-state index in [-0.39, 0.29) is 23.9 Å². The number of hydrogen-bond donors (Lipinski definition) is 0. The fourth-order valence-electron chi connectivity index (χ4n) is 3.73. The lowest BCUT2D eigenvalue weighted by atomic mass is 9.96.